The van der Waals surface area contributed by atoms with Crippen molar-refractivity contribution in [1.82, 2.24) is 19.9 Å². The Labute approximate surface area is 122 Å². The van der Waals surface area contributed by atoms with Crippen LogP contribution in [0.2, 0.25) is 0 Å². The van der Waals surface area contributed by atoms with Crippen LogP contribution in [-0.4, -0.2) is 49.0 Å². The van der Waals surface area contributed by atoms with Crippen molar-refractivity contribution in [2.24, 2.45) is 5.73 Å². The number of aromatic carboxylic acids is 1. The third kappa shape index (κ3) is 3.05. The van der Waals surface area contributed by atoms with Crippen LogP contribution in [0.1, 0.15) is 49.3 Å². The Kier molecular flexibility index (Phi) is 4.56. The highest BCUT2D eigenvalue weighted by molar-refractivity contribution is 5.86. The molecule has 0 bridgehead atoms. The minimum Gasteiger partial charge on any atom is -0.476 e. The number of carbonyl (C=O) groups is 2. The molecule has 116 valence electrons. The molecule has 1 fully saturated rings. The zero-order valence-electron chi connectivity index (χ0n) is 12.3. The summed E-state index contributed by atoms with van der Waals surface area (Å²) >= 11 is 0. The van der Waals surface area contributed by atoms with Crippen molar-refractivity contribution in [1.29, 1.82) is 0 Å². The number of nitrogens with zero attached hydrogens (tertiary/aromatic N) is 4. The number of hydrogen-bond donors (Lipinski definition) is 2. The van der Waals surface area contributed by atoms with E-state index in [2.05, 4.69) is 10.3 Å². The zero-order valence-corrected chi connectivity index (χ0v) is 12.3. The average Bonchev–Trinajstić information content (AvgIpc) is 2.81. The molecule has 2 heterocycles. The molecule has 0 radical (unpaired) electrons. The molecule has 0 aliphatic carbocycles. The van der Waals surface area contributed by atoms with Crippen LogP contribution in [0.15, 0.2) is 0 Å². The van der Waals surface area contributed by atoms with E-state index in [1.54, 1.807) is 0 Å². The van der Waals surface area contributed by atoms with E-state index in [1.807, 2.05) is 18.7 Å². The Hall–Kier alpha value is -1.96. The van der Waals surface area contributed by atoms with Crippen LogP contribution in [-0.2, 0) is 17.9 Å². The number of likely N-dealkylation sites (tertiary alicyclic amines) is 1. The van der Waals surface area contributed by atoms with Crippen LogP contribution in [0.5, 0.6) is 0 Å². The Morgan fingerprint density at radius 1 is 1.33 bits per heavy atom. The minimum absolute atomic E-state index is 0.0208. The van der Waals surface area contributed by atoms with Gasteiger partial charge in [-0.2, -0.15) is 0 Å². The summed E-state index contributed by atoms with van der Waals surface area (Å²) in [5, 5.41) is 16.3. The lowest BCUT2D eigenvalue weighted by Gasteiger charge is -2.39. The van der Waals surface area contributed by atoms with Crippen LogP contribution < -0.4 is 5.73 Å². The van der Waals surface area contributed by atoms with E-state index in [4.69, 9.17) is 10.8 Å². The summed E-state index contributed by atoms with van der Waals surface area (Å²) in [6, 6.07) is 0.370. The Bertz CT molecular complexity index is 532. The molecule has 0 aromatic carbocycles. The van der Waals surface area contributed by atoms with Gasteiger partial charge in [0.05, 0.1) is 5.69 Å². The number of aromatic nitrogens is 3. The number of carbonyl (C=O) groups excluding carboxylic acids is 1. The molecule has 8 heteroatoms. The van der Waals surface area contributed by atoms with Crippen molar-refractivity contribution in [2.45, 2.75) is 58.3 Å². The Morgan fingerprint density at radius 2 is 1.95 bits per heavy atom. The molecule has 21 heavy (non-hydrogen) atoms. The molecule has 2 rings (SSSR count). The van der Waals surface area contributed by atoms with Crippen LogP contribution in [0, 0.1) is 0 Å². The van der Waals surface area contributed by atoms with Gasteiger partial charge >= 0.3 is 5.97 Å². The van der Waals surface area contributed by atoms with Crippen molar-refractivity contribution in [3.05, 3.63) is 11.4 Å². The topological polar surface area (TPSA) is 114 Å². The highest BCUT2D eigenvalue weighted by Gasteiger charge is 2.30. The van der Waals surface area contributed by atoms with Gasteiger partial charge in [0.15, 0.2) is 5.69 Å². The molecule has 1 aliphatic heterocycles. The molecule has 1 saturated heterocycles. The highest BCUT2D eigenvalue weighted by atomic mass is 16.4. The van der Waals surface area contributed by atoms with Gasteiger partial charge in [-0.1, -0.05) is 5.21 Å². The first-order valence-corrected chi connectivity index (χ1v) is 7.12. The first kappa shape index (κ1) is 15.4. The normalized spacial score (nSPS) is 22.3. The molecule has 8 nitrogen and oxygen atoms in total. The fourth-order valence-electron chi connectivity index (χ4n) is 2.95. The highest BCUT2D eigenvalue weighted by Crippen LogP contribution is 2.23. The van der Waals surface area contributed by atoms with E-state index in [0.717, 1.165) is 19.3 Å². The van der Waals surface area contributed by atoms with Crippen molar-refractivity contribution in [3.63, 3.8) is 0 Å². The third-order valence-electron chi connectivity index (χ3n) is 4.00. The lowest BCUT2D eigenvalue weighted by Crippen LogP contribution is -2.48. The lowest BCUT2D eigenvalue weighted by molar-refractivity contribution is -0.138. The number of piperidine rings is 1. The predicted molar refractivity (Wildman–Crippen MR) is 74.5 cm³/mol. The quantitative estimate of drug-likeness (QED) is 0.821. The summed E-state index contributed by atoms with van der Waals surface area (Å²) in [6.45, 7) is 4.01. The van der Waals surface area contributed by atoms with Gasteiger partial charge in [0, 0.05) is 18.6 Å². The summed E-state index contributed by atoms with van der Waals surface area (Å²) in [7, 11) is 0. The molecule has 0 saturated carbocycles. The SMILES string of the molecule is CC1CCCC(C)N1C(=O)Cn1nnc(C(=O)O)c1CN. The second kappa shape index (κ2) is 6.21. The molecular weight excluding hydrogens is 274 g/mol. The smallest absolute Gasteiger partial charge is 0.358 e. The minimum atomic E-state index is -1.19. The van der Waals surface area contributed by atoms with Crippen molar-refractivity contribution in [3.8, 4) is 0 Å². The van der Waals surface area contributed by atoms with Crippen LogP contribution in [0.25, 0.3) is 0 Å². The fraction of sp³-hybridized carbons (Fsp3) is 0.692. The number of rotatable bonds is 4. The van der Waals surface area contributed by atoms with E-state index in [-0.39, 0.29) is 42.5 Å². The molecule has 3 N–H and O–H groups in total. The first-order chi connectivity index (χ1) is 9.95. The summed E-state index contributed by atoms with van der Waals surface area (Å²) in [6.07, 6.45) is 3.09. The predicted octanol–water partition coefficient (Wildman–Crippen LogP) is 0.225. The maximum absolute atomic E-state index is 12.5. The van der Waals surface area contributed by atoms with Gasteiger partial charge in [-0.05, 0) is 33.1 Å². The van der Waals surface area contributed by atoms with Crippen LogP contribution in [0.4, 0.5) is 0 Å². The van der Waals surface area contributed by atoms with E-state index >= 15 is 0 Å². The summed E-state index contributed by atoms with van der Waals surface area (Å²) in [5.41, 5.74) is 5.64. The van der Waals surface area contributed by atoms with Crippen molar-refractivity contribution in [2.75, 3.05) is 0 Å². The van der Waals surface area contributed by atoms with E-state index in [1.165, 1.54) is 4.68 Å². The molecular formula is C13H21N5O3. The molecule has 2 atom stereocenters. The van der Waals surface area contributed by atoms with Gasteiger partial charge in [-0.15, -0.1) is 5.10 Å². The van der Waals surface area contributed by atoms with E-state index in [9.17, 15) is 9.59 Å². The molecule has 2 unspecified atom stereocenters. The number of amides is 1. The van der Waals surface area contributed by atoms with Gasteiger partial charge in [-0.3, -0.25) is 4.79 Å². The largest absolute Gasteiger partial charge is 0.476 e. The summed E-state index contributed by atoms with van der Waals surface area (Å²) in [5.74, 6) is -1.26. The van der Waals surface area contributed by atoms with Crippen molar-refractivity contribution >= 4 is 11.9 Å². The number of carboxylic acid groups (broad SMARTS) is 1. The maximum atomic E-state index is 12.5. The van der Waals surface area contributed by atoms with Crippen molar-refractivity contribution < 1.29 is 14.7 Å². The average molecular weight is 295 g/mol. The van der Waals surface area contributed by atoms with Gasteiger partial charge in [0.1, 0.15) is 6.54 Å². The third-order valence-corrected chi connectivity index (χ3v) is 4.00. The van der Waals surface area contributed by atoms with Gasteiger partial charge < -0.3 is 15.7 Å². The number of nitrogens with two attached hydrogens (primary N) is 1. The van der Waals surface area contributed by atoms with Crippen LogP contribution in [0.3, 0.4) is 0 Å². The second-order valence-electron chi connectivity index (χ2n) is 5.48. The van der Waals surface area contributed by atoms with Crippen LogP contribution >= 0.6 is 0 Å². The van der Waals surface area contributed by atoms with Gasteiger partial charge in [-0.25, -0.2) is 9.48 Å². The first-order valence-electron chi connectivity index (χ1n) is 7.12. The van der Waals surface area contributed by atoms with E-state index in [0.29, 0.717) is 0 Å². The Balaban J connectivity index is 2.17. The summed E-state index contributed by atoms with van der Waals surface area (Å²) < 4.78 is 1.29. The van der Waals surface area contributed by atoms with Gasteiger partial charge in [0.25, 0.3) is 0 Å². The lowest BCUT2D eigenvalue weighted by atomic mass is 9.97. The molecule has 1 amide bonds. The zero-order chi connectivity index (χ0) is 15.6. The van der Waals surface area contributed by atoms with Gasteiger partial charge in [0.2, 0.25) is 5.91 Å². The maximum Gasteiger partial charge on any atom is 0.358 e. The summed E-state index contributed by atoms with van der Waals surface area (Å²) in [4.78, 5) is 25.4. The van der Waals surface area contributed by atoms with E-state index < -0.39 is 5.97 Å². The monoisotopic (exact) mass is 295 g/mol. The second-order valence-corrected chi connectivity index (χ2v) is 5.48. The molecule has 1 aromatic rings. The molecule has 0 spiro atoms. The fourth-order valence-corrected chi connectivity index (χ4v) is 2.95. The molecule has 1 aliphatic rings. The standard InChI is InChI=1S/C13H21N5O3/c1-8-4-3-5-9(2)18(8)11(19)7-17-10(6-14)12(13(20)21)15-16-17/h8-9H,3-7,14H2,1-2H3,(H,20,21). The number of hydrogen-bond acceptors (Lipinski definition) is 5. The number of carboxylic acids is 1. The Morgan fingerprint density at radius 3 is 2.48 bits per heavy atom. The molecule has 1 aromatic heterocycles.